The molecule has 6 heteroatoms. The number of nitrogens with zero attached hydrogens (tertiary/aromatic N) is 3. The summed E-state index contributed by atoms with van der Waals surface area (Å²) < 4.78 is 5.58. The average Bonchev–Trinajstić information content (AvgIpc) is 2.97. The smallest absolute Gasteiger partial charge is 0.227 e. The van der Waals surface area contributed by atoms with Crippen molar-refractivity contribution in [2.45, 2.75) is 19.6 Å². The molecule has 0 radical (unpaired) electrons. The molecule has 1 aliphatic rings. The minimum atomic E-state index is -0.268. The van der Waals surface area contributed by atoms with Gasteiger partial charge in [0.25, 0.3) is 0 Å². The average molecular weight is 336 g/mol. The summed E-state index contributed by atoms with van der Waals surface area (Å²) in [6, 6.07) is 7.56. The van der Waals surface area contributed by atoms with Crippen LogP contribution in [0.1, 0.15) is 12.6 Å². The first-order chi connectivity index (χ1) is 11.1. The summed E-state index contributed by atoms with van der Waals surface area (Å²) >= 11 is 6.18. The molecule has 0 saturated carbocycles. The fourth-order valence-electron chi connectivity index (χ4n) is 2.87. The normalized spacial score (nSPS) is 18.2. The maximum Gasteiger partial charge on any atom is 0.227 e. The van der Waals surface area contributed by atoms with Gasteiger partial charge in [0.15, 0.2) is 0 Å². The highest BCUT2D eigenvalue weighted by Gasteiger charge is 2.19. The molecule has 1 unspecified atom stereocenters. The first-order valence-corrected chi connectivity index (χ1v) is 8.31. The highest BCUT2D eigenvalue weighted by Crippen LogP contribution is 2.27. The van der Waals surface area contributed by atoms with Crippen LogP contribution in [0.4, 0.5) is 0 Å². The molecular formula is C17H22ClN3O2. The van der Waals surface area contributed by atoms with Gasteiger partial charge in [-0.2, -0.15) is 0 Å². The van der Waals surface area contributed by atoms with E-state index in [0.29, 0.717) is 10.9 Å². The van der Waals surface area contributed by atoms with Crippen LogP contribution in [0.25, 0.3) is 11.5 Å². The molecule has 1 fully saturated rings. The van der Waals surface area contributed by atoms with Gasteiger partial charge in [-0.3, -0.25) is 9.80 Å². The number of halogens is 1. The van der Waals surface area contributed by atoms with Crippen molar-refractivity contribution in [1.82, 2.24) is 14.8 Å². The number of hydrogen-bond acceptors (Lipinski definition) is 5. The van der Waals surface area contributed by atoms with Crippen LogP contribution in [-0.4, -0.2) is 58.7 Å². The van der Waals surface area contributed by atoms with Crippen LogP contribution in [0.5, 0.6) is 0 Å². The molecule has 0 spiro atoms. The lowest BCUT2D eigenvalue weighted by molar-refractivity contribution is 0.0776. The largest absolute Gasteiger partial charge is 0.444 e. The summed E-state index contributed by atoms with van der Waals surface area (Å²) in [5.41, 5.74) is 1.74. The van der Waals surface area contributed by atoms with E-state index in [1.165, 1.54) is 0 Å². The molecule has 1 N–H and O–H groups in total. The van der Waals surface area contributed by atoms with E-state index in [-0.39, 0.29) is 6.10 Å². The number of hydrogen-bond donors (Lipinski definition) is 1. The van der Waals surface area contributed by atoms with Crippen LogP contribution < -0.4 is 0 Å². The third-order valence-electron chi connectivity index (χ3n) is 4.03. The molecular weight excluding hydrogens is 314 g/mol. The molecule has 2 aromatic rings. The standard InChI is InChI=1S/C17H22ClN3O2/c1-13(22)10-20-6-8-21(9-7-20)11-14-12-23-17(19-14)15-4-2-3-5-16(15)18/h2-5,12-13,22H,6-11H2,1H3. The number of rotatable bonds is 5. The van der Waals surface area contributed by atoms with Gasteiger partial charge in [-0.05, 0) is 19.1 Å². The maximum absolute atomic E-state index is 9.45. The molecule has 1 aromatic heterocycles. The quantitative estimate of drug-likeness (QED) is 0.909. The zero-order valence-electron chi connectivity index (χ0n) is 13.3. The number of aliphatic hydroxyl groups excluding tert-OH is 1. The lowest BCUT2D eigenvalue weighted by atomic mass is 10.2. The van der Waals surface area contributed by atoms with Gasteiger partial charge in [0.05, 0.1) is 22.4 Å². The minimum absolute atomic E-state index is 0.268. The summed E-state index contributed by atoms with van der Waals surface area (Å²) in [6.07, 6.45) is 1.44. The van der Waals surface area contributed by atoms with Gasteiger partial charge < -0.3 is 9.52 Å². The lowest BCUT2D eigenvalue weighted by Crippen LogP contribution is -2.47. The number of benzene rings is 1. The molecule has 1 saturated heterocycles. The Morgan fingerprint density at radius 3 is 2.61 bits per heavy atom. The summed E-state index contributed by atoms with van der Waals surface area (Å²) in [6.45, 7) is 7.24. The Bertz CT molecular complexity index is 636. The summed E-state index contributed by atoms with van der Waals surface area (Å²) in [5, 5.41) is 10.1. The van der Waals surface area contributed by atoms with Gasteiger partial charge in [0.2, 0.25) is 5.89 Å². The number of aromatic nitrogens is 1. The molecule has 1 atom stereocenters. The predicted molar refractivity (Wildman–Crippen MR) is 90.3 cm³/mol. The molecule has 5 nitrogen and oxygen atoms in total. The zero-order chi connectivity index (χ0) is 16.2. The maximum atomic E-state index is 9.45. The van der Waals surface area contributed by atoms with Crippen molar-refractivity contribution in [2.75, 3.05) is 32.7 Å². The van der Waals surface area contributed by atoms with Crippen molar-refractivity contribution in [3.63, 3.8) is 0 Å². The van der Waals surface area contributed by atoms with E-state index < -0.39 is 0 Å². The number of aliphatic hydroxyl groups is 1. The van der Waals surface area contributed by atoms with Crippen LogP contribution in [0.3, 0.4) is 0 Å². The van der Waals surface area contributed by atoms with Crippen LogP contribution in [0.2, 0.25) is 5.02 Å². The van der Waals surface area contributed by atoms with E-state index in [4.69, 9.17) is 16.0 Å². The van der Waals surface area contributed by atoms with E-state index in [1.807, 2.05) is 31.2 Å². The second-order valence-electron chi connectivity index (χ2n) is 6.05. The van der Waals surface area contributed by atoms with Crippen LogP contribution in [0, 0.1) is 0 Å². The molecule has 0 aliphatic carbocycles. The Hall–Kier alpha value is -1.40. The third kappa shape index (κ3) is 4.32. The monoisotopic (exact) mass is 335 g/mol. The second-order valence-corrected chi connectivity index (χ2v) is 6.46. The summed E-state index contributed by atoms with van der Waals surface area (Å²) in [7, 11) is 0. The third-order valence-corrected chi connectivity index (χ3v) is 4.36. The van der Waals surface area contributed by atoms with Crippen molar-refractivity contribution < 1.29 is 9.52 Å². The first-order valence-electron chi connectivity index (χ1n) is 7.94. The summed E-state index contributed by atoms with van der Waals surface area (Å²) in [5.74, 6) is 0.568. The fraction of sp³-hybridized carbons (Fsp3) is 0.471. The Kier molecular flexibility index (Phi) is 5.33. The van der Waals surface area contributed by atoms with Crippen molar-refractivity contribution in [2.24, 2.45) is 0 Å². The Balaban J connectivity index is 1.57. The van der Waals surface area contributed by atoms with Gasteiger partial charge in [0, 0.05) is 39.3 Å². The number of oxazole rings is 1. The van der Waals surface area contributed by atoms with E-state index in [9.17, 15) is 5.11 Å². The number of β-amino-alcohol motifs (C(OH)–C–C–N with tert-alkyl or cyclic N) is 1. The molecule has 0 amide bonds. The predicted octanol–water partition coefficient (Wildman–Crippen LogP) is 2.49. The van der Waals surface area contributed by atoms with Crippen molar-refractivity contribution in [3.05, 3.63) is 41.2 Å². The van der Waals surface area contributed by atoms with Crippen molar-refractivity contribution >= 4 is 11.6 Å². The van der Waals surface area contributed by atoms with E-state index >= 15 is 0 Å². The SMILES string of the molecule is CC(O)CN1CCN(Cc2coc(-c3ccccc3Cl)n2)CC1. The molecule has 1 aliphatic heterocycles. The van der Waals surface area contributed by atoms with Crippen LogP contribution in [-0.2, 0) is 6.54 Å². The van der Waals surface area contributed by atoms with Gasteiger partial charge >= 0.3 is 0 Å². The molecule has 2 heterocycles. The first kappa shape index (κ1) is 16.5. The Morgan fingerprint density at radius 1 is 1.22 bits per heavy atom. The van der Waals surface area contributed by atoms with Crippen LogP contribution in [0.15, 0.2) is 34.9 Å². The molecule has 124 valence electrons. The van der Waals surface area contributed by atoms with Crippen molar-refractivity contribution in [1.29, 1.82) is 0 Å². The summed E-state index contributed by atoms with van der Waals surface area (Å²) in [4.78, 5) is 9.20. The lowest BCUT2D eigenvalue weighted by Gasteiger charge is -2.34. The molecule has 1 aromatic carbocycles. The van der Waals surface area contributed by atoms with E-state index in [1.54, 1.807) is 6.26 Å². The minimum Gasteiger partial charge on any atom is -0.444 e. The highest BCUT2D eigenvalue weighted by molar-refractivity contribution is 6.33. The molecule has 23 heavy (non-hydrogen) atoms. The molecule has 0 bridgehead atoms. The Morgan fingerprint density at radius 2 is 1.91 bits per heavy atom. The van der Waals surface area contributed by atoms with Crippen molar-refractivity contribution in [3.8, 4) is 11.5 Å². The van der Waals surface area contributed by atoms with E-state index in [0.717, 1.165) is 50.5 Å². The molecule has 3 rings (SSSR count). The Labute approximate surface area is 141 Å². The van der Waals surface area contributed by atoms with Gasteiger partial charge in [0.1, 0.15) is 6.26 Å². The highest BCUT2D eigenvalue weighted by atomic mass is 35.5. The van der Waals surface area contributed by atoms with Gasteiger partial charge in [-0.1, -0.05) is 23.7 Å². The topological polar surface area (TPSA) is 52.7 Å². The van der Waals surface area contributed by atoms with Gasteiger partial charge in [-0.25, -0.2) is 4.98 Å². The van der Waals surface area contributed by atoms with E-state index in [2.05, 4.69) is 14.8 Å². The fourth-order valence-corrected chi connectivity index (χ4v) is 3.09. The van der Waals surface area contributed by atoms with Gasteiger partial charge in [-0.15, -0.1) is 0 Å². The number of piperazine rings is 1. The second kappa shape index (κ2) is 7.45. The zero-order valence-corrected chi connectivity index (χ0v) is 14.0. The van der Waals surface area contributed by atoms with Crippen LogP contribution >= 0.6 is 11.6 Å².